The van der Waals surface area contributed by atoms with Gasteiger partial charge in [-0.1, -0.05) is 72.8 Å². The molecule has 2 atom stereocenters. The second-order valence-corrected chi connectivity index (χ2v) is 10.9. The van der Waals surface area contributed by atoms with Crippen molar-refractivity contribution in [1.29, 1.82) is 0 Å². The molecule has 0 unspecified atom stereocenters. The van der Waals surface area contributed by atoms with Gasteiger partial charge in [0.1, 0.15) is 6.04 Å². The average Bonchev–Trinajstić information content (AvgIpc) is 3.74. The highest BCUT2D eigenvalue weighted by Crippen LogP contribution is 2.26. The molecule has 3 N–H and O–H groups in total. The van der Waals surface area contributed by atoms with Gasteiger partial charge < -0.3 is 20.9 Å². The molecule has 0 aliphatic carbocycles. The van der Waals surface area contributed by atoms with Gasteiger partial charge in [0.25, 0.3) is 5.91 Å². The molecule has 0 radical (unpaired) electrons. The lowest BCUT2D eigenvalue weighted by atomic mass is 10.0. The van der Waals surface area contributed by atoms with Crippen LogP contribution in [-0.4, -0.2) is 47.8 Å². The summed E-state index contributed by atoms with van der Waals surface area (Å²) in [6.07, 6.45) is 7.35. The van der Waals surface area contributed by atoms with E-state index in [2.05, 4.69) is 16.0 Å². The Morgan fingerprint density at radius 2 is 1.36 bits per heavy atom. The van der Waals surface area contributed by atoms with Crippen molar-refractivity contribution < 1.29 is 14.4 Å². The van der Waals surface area contributed by atoms with Crippen molar-refractivity contribution in [2.75, 3.05) is 23.7 Å². The maximum absolute atomic E-state index is 13.5. The zero-order valence-electron chi connectivity index (χ0n) is 23.4. The minimum absolute atomic E-state index is 0.0139. The lowest BCUT2D eigenvalue weighted by molar-refractivity contribution is -0.120. The zero-order valence-corrected chi connectivity index (χ0v) is 23.4. The fraction of sp³-hybridized carbons (Fsp3) is 0.229. The van der Waals surface area contributed by atoms with Gasteiger partial charge in [0.05, 0.1) is 6.04 Å². The third kappa shape index (κ3) is 6.11. The molecule has 0 aromatic heterocycles. The molecule has 2 saturated heterocycles. The number of nitrogens with one attached hydrogen (secondary N) is 3. The van der Waals surface area contributed by atoms with Crippen molar-refractivity contribution in [1.82, 2.24) is 10.2 Å². The zero-order chi connectivity index (χ0) is 28.9. The van der Waals surface area contributed by atoms with E-state index < -0.39 is 6.04 Å². The van der Waals surface area contributed by atoms with Gasteiger partial charge in [0.15, 0.2) is 0 Å². The summed E-state index contributed by atoms with van der Waals surface area (Å²) in [5.41, 5.74) is 4.11. The molecule has 2 heterocycles. The monoisotopic (exact) mass is 558 g/mol. The van der Waals surface area contributed by atoms with E-state index in [4.69, 9.17) is 0 Å². The third-order valence-corrected chi connectivity index (χ3v) is 8.04. The van der Waals surface area contributed by atoms with E-state index in [0.717, 1.165) is 53.4 Å². The number of hydrogen-bond acceptors (Lipinski definition) is 4. The van der Waals surface area contributed by atoms with Crippen molar-refractivity contribution in [2.45, 2.75) is 37.8 Å². The van der Waals surface area contributed by atoms with Crippen LogP contribution >= 0.6 is 0 Å². The van der Waals surface area contributed by atoms with Crippen LogP contribution in [0.25, 0.3) is 22.9 Å². The Bertz CT molecular complexity index is 1620. The topological polar surface area (TPSA) is 90.5 Å². The van der Waals surface area contributed by atoms with Crippen molar-refractivity contribution in [3.8, 4) is 0 Å². The van der Waals surface area contributed by atoms with E-state index in [9.17, 15) is 14.4 Å². The average molecular weight is 559 g/mol. The number of amides is 3. The van der Waals surface area contributed by atoms with E-state index in [1.165, 1.54) is 0 Å². The highest BCUT2D eigenvalue weighted by atomic mass is 16.2. The van der Waals surface area contributed by atoms with Crippen LogP contribution in [0.3, 0.4) is 0 Å². The van der Waals surface area contributed by atoms with Gasteiger partial charge in [-0.25, -0.2) is 0 Å². The second kappa shape index (κ2) is 12.4. The number of anilines is 2. The van der Waals surface area contributed by atoms with Crippen LogP contribution in [0.15, 0.2) is 91.0 Å². The summed E-state index contributed by atoms with van der Waals surface area (Å²) in [6, 6.07) is 28.3. The van der Waals surface area contributed by atoms with E-state index in [-0.39, 0.29) is 23.8 Å². The van der Waals surface area contributed by atoms with Gasteiger partial charge in [0.2, 0.25) is 11.8 Å². The Hall–Kier alpha value is -4.75. The van der Waals surface area contributed by atoms with Gasteiger partial charge >= 0.3 is 0 Å². The van der Waals surface area contributed by atoms with E-state index in [1.807, 2.05) is 103 Å². The molecule has 4 aromatic carbocycles. The van der Waals surface area contributed by atoms with E-state index in [0.29, 0.717) is 24.2 Å². The van der Waals surface area contributed by atoms with Crippen molar-refractivity contribution in [3.63, 3.8) is 0 Å². The van der Waals surface area contributed by atoms with Gasteiger partial charge in [-0.05, 0) is 84.5 Å². The molecule has 212 valence electrons. The largest absolute Gasteiger partial charge is 0.327 e. The first-order valence-corrected chi connectivity index (χ1v) is 14.6. The summed E-state index contributed by atoms with van der Waals surface area (Å²) in [5.74, 6) is -0.258. The Balaban J connectivity index is 1.05. The van der Waals surface area contributed by atoms with Crippen LogP contribution in [-0.2, 0) is 9.59 Å². The number of benzene rings is 4. The van der Waals surface area contributed by atoms with Crippen LogP contribution in [0.4, 0.5) is 11.4 Å². The van der Waals surface area contributed by atoms with Crippen LogP contribution in [0.5, 0.6) is 0 Å². The molecule has 3 amide bonds. The minimum atomic E-state index is -0.502. The molecule has 7 heteroatoms. The molecule has 2 aliphatic heterocycles. The highest BCUT2D eigenvalue weighted by molar-refractivity contribution is 6.09. The predicted molar refractivity (Wildman–Crippen MR) is 168 cm³/mol. The third-order valence-electron chi connectivity index (χ3n) is 8.04. The number of carbonyl (C=O) groups is 3. The number of nitrogens with zero attached hydrogens (tertiary/aromatic N) is 1. The van der Waals surface area contributed by atoms with Gasteiger partial charge in [-0.2, -0.15) is 0 Å². The number of fused-ring (bicyclic) bond motifs is 1. The fourth-order valence-electron chi connectivity index (χ4n) is 5.76. The molecular formula is C35H34N4O3. The first kappa shape index (κ1) is 27.4. The molecular weight excluding hydrogens is 524 g/mol. The van der Waals surface area contributed by atoms with Crippen molar-refractivity contribution >= 4 is 52.0 Å². The Kier molecular flexibility index (Phi) is 8.10. The van der Waals surface area contributed by atoms with Crippen molar-refractivity contribution in [2.24, 2.45) is 0 Å². The second-order valence-electron chi connectivity index (χ2n) is 10.9. The molecule has 0 spiro atoms. The van der Waals surface area contributed by atoms with Crippen molar-refractivity contribution in [3.05, 3.63) is 108 Å². The summed E-state index contributed by atoms with van der Waals surface area (Å²) in [4.78, 5) is 40.7. The normalized spacial score (nSPS) is 18.4. The molecule has 6 rings (SSSR count). The Labute approximate surface area is 245 Å². The quantitative estimate of drug-likeness (QED) is 0.245. The molecule has 2 fully saturated rings. The number of carbonyl (C=O) groups excluding carboxylic acids is 3. The number of rotatable bonds is 7. The standard InChI is InChI=1S/C35H34N4O3/c40-33(31-10-4-22-36-31)37-27-18-14-24(15-19-27)12-13-25-16-20-28(21-17-25)38-34(41)32-11-5-23-39(32)35(42)30-9-3-7-26-6-1-2-8-29(26)30/h1-3,6-9,12-21,31-32,36H,4-5,10-11,22-23H2,(H,37,40)(H,38,41)/b13-12+/t31-,32-/m0/s1. The highest BCUT2D eigenvalue weighted by Gasteiger charge is 2.35. The van der Waals surface area contributed by atoms with Crippen LogP contribution < -0.4 is 16.0 Å². The first-order chi connectivity index (χ1) is 20.5. The number of hydrogen-bond donors (Lipinski definition) is 3. The molecule has 0 bridgehead atoms. The molecule has 7 nitrogen and oxygen atoms in total. The summed E-state index contributed by atoms with van der Waals surface area (Å²) < 4.78 is 0. The maximum Gasteiger partial charge on any atom is 0.255 e. The predicted octanol–water partition coefficient (Wildman–Crippen LogP) is 5.94. The van der Waals surface area contributed by atoms with Gasteiger partial charge in [0, 0.05) is 23.5 Å². The summed E-state index contributed by atoms with van der Waals surface area (Å²) in [5, 5.41) is 11.1. The lowest BCUT2D eigenvalue weighted by Crippen LogP contribution is -2.43. The Morgan fingerprint density at radius 1 is 0.714 bits per heavy atom. The smallest absolute Gasteiger partial charge is 0.255 e. The summed E-state index contributed by atoms with van der Waals surface area (Å²) in [6.45, 7) is 1.46. The van der Waals surface area contributed by atoms with Gasteiger partial charge in [-0.15, -0.1) is 0 Å². The first-order valence-electron chi connectivity index (χ1n) is 14.6. The SMILES string of the molecule is O=C(Nc1ccc(/C=C/c2ccc(NC(=O)[C@@H]3CCCN3C(=O)c3cccc4ccccc34)cc2)cc1)[C@@H]1CCCN1. The maximum atomic E-state index is 13.5. The Morgan fingerprint density at radius 3 is 2.02 bits per heavy atom. The molecule has 0 saturated carbocycles. The molecule has 2 aliphatic rings. The van der Waals surface area contributed by atoms with Crippen LogP contribution in [0.2, 0.25) is 0 Å². The lowest BCUT2D eigenvalue weighted by Gasteiger charge is -2.24. The van der Waals surface area contributed by atoms with E-state index in [1.54, 1.807) is 4.90 Å². The van der Waals surface area contributed by atoms with E-state index >= 15 is 0 Å². The molecule has 42 heavy (non-hydrogen) atoms. The fourth-order valence-corrected chi connectivity index (χ4v) is 5.76. The van der Waals surface area contributed by atoms with Crippen LogP contribution in [0.1, 0.15) is 47.2 Å². The van der Waals surface area contributed by atoms with Crippen LogP contribution in [0, 0.1) is 0 Å². The summed E-state index contributed by atoms with van der Waals surface area (Å²) in [7, 11) is 0. The minimum Gasteiger partial charge on any atom is -0.327 e. The van der Waals surface area contributed by atoms with Gasteiger partial charge in [-0.3, -0.25) is 14.4 Å². The number of likely N-dealkylation sites (tertiary alicyclic amines) is 1. The molecule has 4 aromatic rings. The summed E-state index contributed by atoms with van der Waals surface area (Å²) >= 11 is 0.